The summed E-state index contributed by atoms with van der Waals surface area (Å²) in [6, 6.07) is 12.9. The molecule has 0 aliphatic rings. The van der Waals surface area contributed by atoms with Gasteiger partial charge in [-0.25, -0.2) is 4.79 Å². The van der Waals surface area contributed by atoms with E-state index in [0.29, 0.717) is 11.1 Å². The van der Waals surface area contributed by atoms with Crippen molar-refractivity contribution in [2.45, 2.75) is 19.8 Å². The van der Waals surface area contributed by atoms with Gasteiger partial charge in [0.25, 0.3) is 5.69 Å². The summed E-state index contributed by atoms with van der Waals surface area (Å²) in [6.07, 6.45) is 0.386. The number of ether oxygens (including phenoxy) is 1. The molecule has 0 unspecified atom stereocenters. The van der Waals surface area contributed by atoms with Crippen LogP contribution in [-0.4, -0.2) is 23.3 Å². The van der Waals surface area contributed by atoms with Gasteiger partial charge in [-0.15, -0.1) is 0 Å². The number of ketones is 1. The summed E-state index contributed by atoms with van der Waals surface area (Å²) in [4.78, 5) is 34.5. The molecule has 0 fully saturated rings. The number of hydrogen-bond acceptors (Lipinski definition) is 5. The zero-order valence-electron chi connectivity index (χ0n) is 13.2. The van der Waals surface area contributed by atoms with Gasteiger partial charge in [-0.3, -0.25) is 14.9 Å². The van der Waals surface area contributed by atoms with E-state index in [4.69, 9.17) is 4.74 Å². The third-order valence-corrected chi connectivity index (χ3v) is 3.51. The van der Waals surface area contributed by atoms with E-state index < -0.39 is 10.9 Å². The van der Waals surface area contributed by atoms with Crippen LogP contribution in [0.3, 0.4) is 0 Å². The number of nitro benzene ring substituents is 1. The first-order chi connectivity index (χ1) is 11.5. The molecule has 124 valence electrons. The van der Waals surface area contributed by atoms with Crippen LogP contribution in [0.5, 0.6) is 0 Å². The molecule has 0 saturated heterocycles. The van der Waals surface area contributed by atoms with Gasteiger partial charge in [0.1, 0.15) is 0 Å². The predicted molar refractivity (Wildman–Crippen MR) is 88.1 cm³/mol. The van der Waals surface area contributed by atoms with Crippen LogP contribution in [0.1, 0.15) is 39.6 Å². The van der Waals surface area contributed by atoms with Crippen molar-refractivity contribution in [2.75, 3.05) is 6.61 Å². The van der Waals surface area contributed by atoms with Crippen LogP contribution in [0.4, 0.5) is 5.69 Å². The second kappa shape index (κ2) is 8.01. The first-order valence-corrected chi connectivity index (χ1v) is 7.55. The average Bonchev–Trinajstić information content (AvgIpc) is 2.60. The van der Waals surface area contributed by atoms with E-state index in [1.807, 2.05) is 6.07 Å². The highest BCUT2D eigenvalue weighted by Crippen LogP contribution is 2.23. The van der Waals surface area contributed by atoms with E-state index in [-0.39, 0.29) is 36.5 Å². The largest absolute Gasteiger partial charge is 0.462 e. The second-order valence-electron chi connectivity index (χ2n) is 5.11. The molecule has 0 atom stereocenters. The van der Waals surface area contributed by atoms with Gasteiger partial charge in [0.05, 0.1) is 17.1 Å². The number of nitro groups is 1. The summed E-state index contributed by atoms with van der Waals surface area (Å²) < 4.78 is 4.84. The maximum Gasteiger partial charge on any atom is 0.338 e. The van der Waals surface area contributed by atoms with Crippen molar-refractivity contribution in [1.82, 2.24) is 0 Å². The van der Waals surface area contributed by atoms with Crippen LogP contribution in [-0.2, 0) is 11.2 Å². The number of carbonyl (C=O) groups excluding carboxylic acids is 2. The molecule has 0 radical (unpaired) electrons. The summed E-state index contributed by atoms with van der Waals surface area (Å²) in [5.41, 5.74) is 0.934. The minimum Gasteiger partial charge on any atom is -0.462 e. The lowest BCUT2D eigenvalue weighted by atomic mass is 10.0. The Labute approximate surface area is 139 Å². The van der Waals surface area contributed by atoms with E-state index in [1.54, 1.807) is 31.2 Å². The molecule has 0 aromatic heterocycles. The number of hydrogen-bond donors (Lipinski definition) is 0. The Morgan fingerprint density at radius 2 is 1.79 bits per heavy atom. The van der Waals surface area contributed by atoms with Crippen molar-refractivity contribution in [3.05, 3.63) is 75.3 Å². The van der Waals surface area contributed by atoms with Crippen molar-refractivity contribution in [2.24, 2.45) is 0 Å². The molecule has 0 heterocycles. The fourth-order valence-corrected chi connectivity index (χ4v) is 2.30. The molecule has 2 aromatic rings. The molecule has 2 rings (SSSR count). The van der Waals surface area contributed by atoms with Gasteiger partial charge in [0.15, 0.2) is 5.78 Å². The monoisotopic (exact) mass is 327 g/mol. The Hall–Kier alpha value is -3.02. The minimum atomic E-state index is -0.604. The van der Waals surface area contributed by atoms with E-state index in [1.165, 1.54) is 18.2 Å². The Bertz CT molecular complexity index is 755. The summed E-state index contributed by atoms with van der Waals surface area (Å²) in [5, 5.41) is 11.2. The summed E-state index contributed by atoms with van der Waals surface area (Å²) >= 11 is 0. The van der Waals surface area contributed by atoms with Gasteiger partial charge >= 0.3 is 5.97 Å². The van der Waals surface area contributed by atoms with Gasteiger partial charge in [0.2, 0.25) is 0 Å². The van der Waals surface area contributed by atoms with Gasteiger partial charge in [-0.05, 0) is 19.4 Å². The molecule has 0 N–H and O–H groups in total. The maximum atomic E-state index is 12.1. The molecular formula is C18H17NO5. The molecule has 0 saturated carbocycles. The molecule has 6 nitrogen and oxygen atoms in total. The van der Waals surface area contributed by atoms with E-state index in [0.717, 1.165) is 0 Å². The van der Waals surface area contributed by atoms with Gasteiger partial charge < -0.3 is 4.74 Å². The molecule has 24 heavy (non-hydrogen) atoms. The third-order valence-electron chi connectivity index (χ3n) is 3.51. The molecule has 2 aromatic carbocycles. The van der Waals surface area contributed by atoms with Crippen LogP contribution < -0.4 is 0 Å². The van der Waals surface area contributed by atoms with Crippen LogP contribution in [0.2, 0.25) is 0 Å². The molecule has 0 bridgehead atoms. The van der Waals surface area contributed by atoms with Crippen LogP contribution >= 0.6 is 0 Å². The summed E-state index contributed by atoms with van der Waals surface area (Å²) in [5.74, 6) is -0.688. The smallest absolute Gasteiger partial charge is 0.338 e. The Balaban J connectivity index is 2.16. The zero-order valence-corrected chi connectivity index (χ0v) is 13.2. The standard InChI is InChI=1S/C18H17NO5/c1-2-24-18(21)15-9-8-13(16(12-15)19(22)23)10-11-17(20)14-6-4-3-5-7-14/h3-9,12H,2,10-11H2,1H3. The van der Waals surface area contributed by atoms with E-state index >= 15 is 0 Å². The van der Waals surface area contributed by atoms with Crippen LogP contribution in [0.25, 0.3) is 0 Å². The molecule has 6 heteroatoms. The Kier molecular flexibility index (Phi) is 5.78. The highest BCUT2D eigenvalue weighted by molar-refractivity contribution is 5.96. The number of Topliss-reactive ketones (excluding diaryl/α,β-unsaturated/α-hetero) is 1. The number of carbonyl (C=O) groups is 2. The van der Waals surface area contributed by atoms with Crippen molar-refractivity contribution >= 4 is 17.4 Å². The van der Waals surface area contributed by atoms with Crippen LogP contribution in [0.15, 0.2) is 48.5 Å². The Morgan fingerprint density at radius 1 is 1.08 bits per heavy atom. The van der Waals surface area contributed by atoms with E-state index in [9.17, 15) is 19.7 Å². The quantitative estimate of drug-likeness (QED) is 0.336. The highest BCUT2D eigenvalue weighted by Gasteiger charge is 2.19. The average molecular weight is 327 g/mol. The molecular weight excluding hydrogens is 310 g/mol. The number of benzene rings is 2. The molecule has 0 aliphatic carbocycles. The Morgan fingerprint density at radius 3 is 2.42 bits per heavy atom. The van der Waals surface area contributed by atoms with E-state index in [2.05, 4.69) is 0 Å². The number of nitrogens with zero attached hydrogens (tertiary/aromatic N) is 1. The zero-order chi connectivity index (χ0) is 17.5. The fraction of sp³-hybridized carbons (Fsp3) is 0.222. The normalized spacial score (nSPS) is 10.2. The van der Waals surface area contributed by atoms with Crippen LogP contribution in [0, 0.1) is 10.1 Å². The lowest BCUT2D eigenvalue weighted by molar-refractivity contribution is -0.385. The van der Waals surface area contributed by atoms with Gasteiger partial charge in [-0.1, -0.05) is 36.4 Å². The van der Waals surface area contributed by atoms with Crippen molar-refractivity contribution in [3.8, 4) is 0 Å². The second-order valence-corrected chi connectivity index (χ2v) is 5.11. The topological polar surface area (TPSA) is 86.5 Å². The maximum absolute atomic E-state index is 12.1. The number of esters is 1. The molecule has 0 spiro atoms. The lowest BCUT2D eigenvalue weighted by Gasteiger charge is -2.06. The first kappa shape index (κ1) is 17.3. The van der Waals surface area contributed by atoms with Crippen molar-refractivity contribution < 1.29 is 19.2 Å². The lowest BCUT2D eigenvalue weighted by Crippen LogP contribution is -2.07. The first-order valence-electron chi connectivity index (χ1n) is 7.55. The van der Waals surface area contributed by atoms with Gasteiger partial charge in [-0.2, -0.15) is 0 Å². The highest BCUT2D eigenvalue weighted by atomic mass is 16.6. The third kappa shape index (κ3) is 4.25. The summed E-state index contributed by atoms with van der Waals surface area (Å²) in [6.45, 7) is 1.86. The fourth-order valence-electron chi connectivity index (χ4n) is 2.30. The number of rotatable bonds is 7. The van der Waals surface area contributed by atoms with Crippen molar-refractivity contribution in [3.63, 3.8) is 0 Å². The minimum absolute atomic E-state index is 0.0839. The molecule has 0 amide bonds. The SMILES string of the molecule is CCOC(=O)c1ccc(CCC(=O)c2ccccc2)c([N+](=O)[O-])c1. The number of aryl methyl sites for hydroxylation is 1. The predicted octanol–water partition coefficient (Wildman–Crippen LogP) is 3.59. The summed E-state index contributed by atoms with van der Waals surface area (Å²) in [7, 11) is 0. The van der Waals surface area contributed by atoms with Gasteiger partial charge in [0, 0.05) is 23.6 Å². The molecule has 0 aliphatic heterocycles. The van der Waals surface area contributed by atoms with Crippen molar-refractivity contribution in [1.29, 1.82) is 0 Å².